The molecule has 1 aromatic heterocycles. The van der Waals surface area contributed by atoms with Crippen LogP contribution < -0.4 is 4.57 Å². The van der Waals surface area contributed by atoms with Gasteiger partial charge >= 0.3 is 8.80 Å². The third kappa shape index (κ3) is 4.23. The van der Waals surface area contributed by atoms with Gasteiger partial charge in [-0.3, -0.25) is 0 Å². The van der Waals surface area contributed by atoms with Crippen molar-refractivity contribution in [3.05, 3.63) is 42.5 Å². The molecule has 1 heterocycles. The minimum absolute atomic E-state index is 0.0836. The number of hydrogen-bond donors (Lipinski definition) is 3. The van der Waals surface area contributed by atoms with Gasteiger partial charge in [0.05, 0.1) is 6.54 Å². The van der Waals surface area contributed by atoms with Crippen molar-refractivity contribution in [2.45, 2.75) is 32.0 Å². The zero-order valence-corrected chi connectivity index (χ0v) is 11.2. The maximum absolute atomic E-state index is 8.91. The van der Waals surface area contributed by atoms with Crippen molar-refractivity contribution in [1.82, 2.24) is 4.57 Å². The summed E-state index contributed by atoms with van der Waals surface area (Å²) in [6.07, 6.45) is 13.9. The molecule has 1 aliphatic carbocycles. The molecule has 6 heteroatoms. The average Bonchev–Trinajstić information content (AvgIpc) is 2.89. The molecular formula is C12H19N2O3Si+. The summed E-state index contributed by atoms with van der Waals surface area (Å²) in [5.74, 6) is 0. The van der Waals surface area contributed by atoms with E-state index in [1.165, 1.54) is 5.57 Å². The van der Waals surface area contributed by atoms with E-state index >= 15 is 0 Å². The molecule has 0 amide bonds. The van der Waals surface area contributed by atoms with Crippen LogP contribution in [0, 0.1) is 0 Å². The van der Waals surface area contributed by atoms with Gasteiger partial charge in [0.25, 0.3) is 0 Å². The van der Waals surface area contributed by atoms with Crippen LogP contribution in [-0.2, 0) is 13.1 Å². The lowest BCUT2D eigenvalue weighted by Crippen LogP contribution is -2.34. The van der Waals surface area contributed by atoms with E-state index < -0.39 is 8.80 Å². The molecule has 98 valence electrons. The molecular weight excluding hydrogens is 248 g/mol. The standard InChI is InChI=1S/C12H19N2O3Si/c15-18(16,17)9-3-6-13-7-8-14(11-13)10-12-4-1-2-5-12/h1-2,4,7-8,11,15-17H,3,5-6,9-10H2/q+1. The molecule has 0 saturated carbocycles. The summed E-state index contributed by atoms with van der Waals surface area (Å²) in [7, 11) is -3.87. The summed E-state index contributed by atoms with van der Waals surface area (Å²) >= 11 is 0. The third-order valence-electron chi connectivity index (χ3n) is 2.91. The first-order valence-corrected chi connectivity index (χ1v) is 8.14. The Balaban J connectivity index is 1.79. The van der Waals surface area contributed by atoms with Crippen molar-refractivity contribution in [3.63, 3.8) is 0 Å². The normalized spacial score (nSPS) is 15.2. The van der Waals surface area contributed by atoms with Crippen molar-refractivity contribution in [2.24, 2.45) is 0 Å². The molecule has 0 bridgehead atoms. The quantitative estimate of drug-likeness (QED) is 0.501. The number of aromatic nitrogens is 2. The molecule has 5 nitrogen and oxygen atoms in total. The van der Waals surface area contributed by atoms with Crippen molar-refractivity contribution >= 4 is 8.80 Å². The zero-order valence-electron chi connectivity index (χ0n) is 10.2. The molecule has 0 saturated heterocycles. The van der Waals surface area contributed by atoms with Gasteiger partial charge < -0.3 is 14.4 Å². The minimum Gasteiger partial charge on any atom is -0.390 e. The van der Waals surface area contributed by atoms with Crippen LogP contribution >= 0.6 is 0 Å². The topological polar surface area (TPSA) is 69.5 Å². The van der Waals surface area contributed by atoms with Crippen molar-refractivity contribution in [1.29, 1.82) is 0 Å². The van der Waals surface area contributed by atoms with Crippen LogP contribution in [0.5, 0.6) is 0 Å². The summed E-state index contributed by atoms with van der Waals surface area (Å²) in [5, 5.41) is 0. The van der Waals surface area contributed by atoms with Crippen molar-refractivity contribution in [2.75, 3.05) is 0 Å². The van der Waals surface area contributed by atoms with E-state index in [9.17, 15) is 0 Å². The second kappa shape index (κ2) is 5.62. The summed E-state index contributed by atoms with van der Waals surface area (Å²) in [6, 6.07) is 0.0836. The highest BCUT2D eigenvalue weighted by Gasteiger charge is 2.26. The van der Waals surface area contributed by atoms with Gasteiger partial charge in [-0.25, -0.2) is 9.13 Å². The van der Waals surface area contributed by atoms with E-state index in [1.54, 1.807) is 0 Å². The lowest BCUT2D eigenvalue weighted by molar-refractivity contribution is -0.688. The average molecular weight is 267 g/mol. The van der Waals surface area contributed by atoms with Gasteiger partial charge in [-0.1, -0.05) is 18.2 Å². The molecule has 1 aromatic rings. The van der Waals surface area contributed by atoms with Crippen molar-refractivity contribution < 1.29 is 19.0 Å². The fourth-order valence-electron chi connectivity index (χ4n) is 2.01. The molecule has 0 atom stereocenters. The molecule has 2 rings (SSSR count). The number of rotatable bonds is 6. The molecule has 0 fully saturated rings. The smallest absolute Gasteiger partial charge is 0.390 e. The summed E-state index contributed by atoms with van der Waals surface area (Å²) in [5.41, 5.74) is 1.38. The van der Waals surface area contributed by atoms with Crippen LogP contribution in [0.3, 0.4) is 0 Å². The summed E-state index contributed by atoms with van der Waals surface area (Å²) in [6.45, 7) is 1.57. The first-order chi connectivity index (χ1) is 8.53. The van der Waals surface area contributed by atoms with Crippen LogP contribution in [-0.4, -0.2) is 27.8 Å². The third-order valence-corrected chi connectivity index (χ3v) is 3.93. The highest BCUT2D eigenvalue weighted by Crippen LogP contribution is 2.09. The lowest BCUT2D eigenvalue weighted by atomic mass is 10.2. The summed E-state index contributed by atoms with van der Waals surface area (Å²) < 4.78 is 4.09. The molecule has 18 heavy (non-hydrogen) atoms. The van der Waals surface area contributed by atoms with Gasteiger partial charge in [0, 0.05) is 6.04 Å². The SMILES string of the molecule is O[Si](O)(O)CCCn1cc[n+](CC2=CC=CC2)c1. The number of hydrogen-bond acceptors (Lipinski definition) is 3. The van der Waals surface area contributed by atoms with E-state index in [4.69, 9.17) is 14.4 Å². The monoisotopic (exact) mass is 267 g/mol. The van der Waals surface area contributed by atoms with E-state index in [-0.39, 0.29) is 6.04 Å². The van der Waals surface area contributed by atoms with Gasteiger partial charge in [-0.05, 0) is 18.4 Å². The van der Waals surface area contributed by atoms with Gasteiger partial charge in [-0.15, -0.1) is 0 Å². The molecule has 0 unspecified atom stereocenters. The Bertz CT molecular complexity index is 460. The molecule has 0 spiro atoms. The van der Waals surface area contributed by atoms with Gasteiger partial charge in [0.1, 0.15) is 18.9 Å². The lowest BCUT2D eigenvalue weighted by Gasteiger charge is -2.06. The van der Waals surface area contributed by atoms with E-state index in [1.807, 2.05) is 23.3 Å². The number of aryl methyl sites for hydroxylation is 1. The van der Waals surface area contributed by atoms with Gasteiger partial charge in [0.15, 0.2) is 0 Å². The maximum atomic E-state index is 8.91. The Morgan fingerprint density at radius 2 is 2.17 bits per heavy atom. The number of allylic oxidation sites excluding steroid dienone is 4. The Morgan fingerprint density at radius 1 is 1.33 bits per heavy atom. The van der Waals surface area contributed by atoms with Gasteiger partial charge in [-0.2, -0.15) is 0 Å². The van der Waals surface area contributed by atoms with Crippen LogP contribution in [0.25, 0.3) is 0 Å². The zero-order chi connectivity index (χ0) is 13.0. The van der Waals surface area contributed by atoms with E-state index in [0.717, 1.165) is 13.0 Å². The Hall–Kier alpha value is -1.21. The Labute approximate surface area is 107 Å². The summed E-state index contributed by atoms with van der Waals surface area (Å²) in [4.78, 5) is 26.7. The van der Waals surface area contributed by atoms with Crippen LogP contribution in [0.15, 0.2) is 42.5 Å². The fraction of sp³-hybridized carbons (Fsp3) is 0.417. The Kier molecular flexibility index (Phi) is 4.13. The van der Waals surface area contributed by atoms with Crippen molar-refractivity contribution in [3.8, 4) is 0 Å². The second-order valence-electron chi connectivity index (χ2n) is 4.66. The first kappa shape index (κ1) is 13.2. The highest BCUT2D eigenvalue weighted by molar-refractivity contribution is 6.56. The van der Waals surface area contributed by atoms with Gasteiger partial charge in [0.2, 0.25) is 6.33 Å². The Morgan fingerprint density at radius 3 is 2.83 bits per heavy atom. The molecule has 1 aliphatic rings. The molecule has 0 aliphatic heterocycles. The fourth-order valence-corrected chi connectivity index (χ4v) is 2.64. The van der Waals surface area contributed by atoms with E-state index in [2.05, 4.69) is 22.8 Å². The first-order valence-electron chi connectivity index (χ1n) is 6.09. The molecule has 0 radical (unpaired) electrons. The largest absolute Gasteiger partial charge is 0.492 e. The molecule has 0 aromatic carbocycles. The predicted octanol–water partition coefficient (Wildman–Crippen LogP) is -0.0322. The van der Waals surface area contributed by atoms with Crippen LogP contribution in [0.1, 0.15) is 12.8 Å². The highest BCUT2D eigenvalue weighted by atomic mass is 28.4. The second-order valence-corrected chi connectivity index (χ2v) is 6.71. The van der Waals surface area contributed by atoms with Crippen LogP contribution in [0.4, 0.5) is 0 Å². The maximum Gasteiger partial charge on any atom is 0.492 e. The predicted molar refractivity (Wildman–Crippen MR) is 68.3 cm³/mol. The molecule has 3 N–H and O–H groups in total. The minimum atomic E-state index is -3.87. The van der Waals surface area contributed by atoms with E-state index in [0.29, 0.717) is 13.0 Å². The number of nitrogens with zero attached hydrogens (tertiary/aromatic N) is 2. The van der Waals surface area contributed by atoms with Crippen LogP contribution in [0.2, 0.25) is 6.04 Å². The number of imidazole rings is 1.